The average Bonchev–Trinajstić information content (AvgIpc) is 3.40. The predicted octanol–water partition coefficient (Wildman–Crippen LogP) is 4.20. The van der Waals surface area contributed by atoms with Crippen molar-refractivity contribution in [2.45, 2.75) is 49.6 Å². The Labute approximate surface area is 218 Å². The van der Waals surface area contributed by atoms with Crippen LogP contribution in [-0.2, 0) is 15.7 Å². The molecule has 2 saturated heterocycles. The Morgan fingerprint density at radius 1 is 1.18 bits per heavy atom. The monoisotopic (exact) mass is 596 g/mol. The van der Waals surface area contributed by atoms with Gasteiger partial charge >= 0.3 is 24.5 Å². The number of carboxylic acids is 1. The zero-order chi connectivity index (χ0) is 29.6. The molecule has 2 atom stereocenters. The standard InChI is InChI=1S/C19H20F6N4O2S.C2HF3O2/c1-9(18(20,21)22)27-10-4-17(31-5-10)7-29(8-17)13-3-12(19(23,24)25)15-14(28-13)11(6-32-15)16(30)26-2;3-2(4,5)1(6)7/h3,6,9-10,27H,4-5,7-8H2,1-2H3,(H,26,30);(H,6,7). The fourth-order valence-corrected chi connectivity index (χ4v) is 5.12. The van der Waals surface area contributed by atoms with Crippen molar-refractivity contribution in [2.24, 2.45) is 0 Å². The van der Waals surface area contributed by atoms with E-state index >= 15 is 0 Å². The number of fused-ring (bicyclic) bond motifs is 1. The number of anilines is 1. The molecule has 3 N–H and O–H groups in total. The fourth-order valence-electron chi connectivity index (χ4n) is 4.09. The van der Waals surface area contributed by atoms with Crippen LogP contribution in [0.2, 0.25) is 0 Å². The number of pyridine rings is 1. The van der Waals surface area contributed by atoms with Gasteiger partial charge in [0.15, 0.2) is 0 Å². The molecule has 4 rings (SSSR count). The molecule has 1 amide bonds. The lowest BCUT2D eigenvalue weighted by atomic mass is 9.89. The van der Waals surface area contributed by atoms with Gasteiger partial charge in [-0.15, -0.1) is 11.3 Å². The maximum atomic E-state index is 13.7. The van der Waals surface area contributed by atoms with E-state index in [4.69, 9.17) is 14.6 Å². The number of hydrogen-bond acceptors (Lipinski definition) is 7. The van der Waals surface area contributed by atoms with Crippen LogP contribution < -0.4 is 15.5 Å². The van der Waals surface area contributed by atoms with Gasteiger partial charge in [-0.05, 0) is 19.4 Å². The molecule has 39 heavy (non-hydrogen) atoms. The van der Waals surface area contributed by atoms with E-state index in [0.29, 0.717) is 6.42 Å². The maximum Gasteiger partial charge on any atom is 0.490 e. The van der Waals surface area contributed by atoms with Crippen LogP contribution in [0.5, 0.6) is 0 Å². The van der Waals surface area contributed by atoms with E-state index < -0.39 is 53.7 Å². The van der Waals surface area contributed by atoms with Crippen LogP contribution in [0.15, 0.2) is 11.4 Å². The molecule has 0 radical (unpaired) electrons. The molecule has 0 aliphatic carbocycles. The number of hydrogen-bond donors (Lipinski definition) is 3. The van der Waals surface area contributed by atoms with Crippen molar-refractivity contribution in [2.75, 3.05) is 31.6 Å². The Morgan fingerprint density at radius 3 is 2.26 bits per heavy atom. The number of alkyl halides is 9. The lowest BCUT2D eigenvalue weighted by molar-refractivity contribution is -0.192. The molecule has 2 unspecified atom stereocenters. The number of halogens is 9. The minimum absolute atomic E-state index is 0.0361. The van der Waals surface area contributed by atoms with E-state index in [1.807, 2.05) is 0 Å². The third kappa shape index (κ3) is 6.84. The summed E-state index contributed by atoms with van der Waals surface area (Å²) < 4.78 is 117. The van der Waals surface area contributed by atoms with Crippen LogP contribution in [0.25, 0.3) is 10.2 Å². The van der Waals surface area contributed by atoms with Gasteiger partial charge in [-0.1, -0.05) is 0 Å². The molecule has 2 aromatic heterocycles. The van der Waals surface area contributed by atoms with Crippen molar-refractivity contribution in [3.8, 4) is 0 Å². The van der Waals surface area contributed by atoms with Crippen molar-refractivity contribution >= 4 is 39.2 Å². The minimum atomic E-state index is -5.08. The molecule has 2 aliphatic heterocycles. The number of rotatable bonds is 4. The van der Waals surface area contributed by atoms with Gasteiger partial charge in [-0.25, -0.2) is 9.78 Å². The van der Waals surface area contributed by atoms with Gasteiger partial charge in [0, 0.05) is 18.5 Å². The molecule has 0 bridgehead atoms. The lowest BCUT2D eigenvalue weighted by Gasteiger charge is -2.48. The highest BCUT2D eigenvalue weighted by molar-refractivity contribution is 7.17. The summed E-state index contributed by atoms with van der Waals surface area (Å²) in [5.41, 5.74) is -1.61. The Kier molecular flexibility index (Phi) is 8.34. The topological polar surface area (TPSA) is 104 Å². The molecule has 0 aromatic carbocycles. The Bertz CT molecular complexity index is 1220. The normalized spacial score (nSPS) is 19.9. The Balaban J connectivity index is 0.000000532. The molecule has 218 valence electrons. The van der Waals surface area contributed by atoms with Crippen molar-refractivity contribution < 1.29 is 58.9 Å². The molecule has 2 fully saturated rings. The SMILES string of the molecule is CNC(=O)c1csc2c(C(F)(F)F)cc(N3CC4(CC(NC(C)C(F)(F)F)CO4)C3)nc12.O=C(O)C(F)(F)F. The van der Waals surface area contributed by atoms with Crippen molar-refractivity contribution in [1.82, 2.24) is 15.6 Å². The van der Waals surface area contributed by atoms with Crippen molar-refractivity contribution in [3.05, 3.63) is 22.6 Å². The van der Waals surface area contributed by atoms with E-state index in [9.17, 15) is 44.3 Å². The number of nitrogens with one attached hydrogen (secondary N) is 2. The summed E-state index contributed by atoms with van der Waals surface area (Å²) >= 11 is 0.797. The first-order chi connectivity index (χ1) is 17.8. The molecule has 8 nitrogen and oxygen atoms in total. The number of ether oxygens (including phenoxy) is 1. The number of carbonyl (C=O) groups excluding carboxylic acids is 1. The smallest absolute Gasteiger partial charge is 0.475 e. The second kappa shape index (κ2) is 10.6. The first-order valence-electron chi connectivity index (χ1n) is 11.0. The molecular formula is C21H21F9N4O4S. The second-order valence-corrected chi connectivity index (χ2v) is 9.80. The third-order valence-corrected chi connectivity index (χ3v) is 7.00. The number of aliphatic carboxylic acids is 1. The van der Waals surface area contributed by atoms with Crippen molar-refractivity contribution in [1.29, 1.82) is 0 Å². The largest absolute Gasteiger partial charge is 0.490 e. The summed E-state index contributed by atoms with van der Waals surface area (Å²) in [6, 6.07) is -1.26. The van der Waals surface area contributed by atoms with Crippen LogP contribution in [0.1, 0.15) is 29.3 Å². The molecule has 2 aromatic rings. The van der Waals surface area contributed by atoms with Gasteiger partial charge in [-0.2, -0.15) is 39.5 Å². The van der Waals surface area contributed by atoms with Gasteiger partial charge in [0.2, 0.25) is 0 Å². The quantitative estimate of drug-likeness (QED) is 0.455. The molecule has 4 heterocycles. The summed E-state index contributed by atoms with van der Waals surface area (Å²) in [6.45, 7) is 1.50. The van der Waals surface area contributed by atoms with Crippen LogP contribution >= 0.6 is 11.3 Å². The molecule has 1 spiro atoms. The lowest BCUT2D eigenvalue weighted by Crippen LogP contribution is -2.62. The Morgan fingerprint density at radius 2 is 1.77 bits per heavy atom. The maximum absolute atomic E-state index is 13.7. The first kappa shape index (κ1) is 30.7. The average molecular weight is 596 g/mol. The molecule has 0 saturated carbocycles. The van der Waals surface area contributed by atoms with E-state index in [1.165, 1.54) is 12.4 Å². The highest BCUT2D eigenvalue weighted by Crippen LogP contribution is 2.43. The van der Waals surface area contributed by atoms with Crippen molar-refractivity contribution in [3.63, 3.8) is 0 Å². The summed E-state index contributed by atoms with van der Waals surface area (Å²) in [5, 5.41) is 13.4. The molecule has 18 heteroatoms. The molecule has 2 aliphatic rings. The second-order valence-electron chi connectivity index (χ2n) is 8.92. The summed E-state index contributed by atoms with van der Waals surface area (Å²) in [5.74, 6) is -3.25. The van der Waals surface area contributed by atoms with Gasteiger partial charge in [0.1, 0.15) is 17.5 Å². The summed E-state index contributed by atoms with van der Waals surface area (Å²) in [6.07, 6.45) is -13.8. The van der Waals surface area contributed by atoms with E-state index in [1.54, 1.807) is 4.90 Å². The zero-order valence-corrected chi connectivity index (χ0v) is 20.8. The van der Waals surface area contributed by atoms with Crippen LogP contribution in [0.4, 0.5) is 45.3 Å². The number of aromatic nitrogens is 1. The predicted molar refractivity (Wildman–Crippen MR) is 120 cm³/mol. The molecular weight excluding hydrogens is 575 g/mol. The highest BCUT2D eigenvalue weighted by Gasteiger charge is 2.52. The number of carbonyl (C=O) groups is 2. The summed E-state index contributed by atoms with van der Waals surface area (Å²) in [4.78, 5) is 26.9. The van der Waals surface area contributed by atoms with Gasteiger partial charge in [0.25, 0.3) is 5.91 Å². The Hall–Kier alpha value is -2.86. The fraction of sp³-hybridized carbons (Fsp3) is 0.571. The number of carboxylic acid groups (broad SMARTS) is 1. The highest BCUT2D eigenvalue weighted by atomic mass is 32.1. The van der Waals surface area contributed by atoms with Gasteiger partial charge < -0.3 is 25.4 Å². The van der Waals surface area contributed by atoms with Crippen LogP contribution in [0, 0.1) is 0 Å². The van der Waals surface area contributed by atoms with Gasteiger partial charge in [0.05, 0.1) is 41.0 Å². The number of amides is 1. The van der Waals surface area contributed by atoms with Crippen LogP contribution in [0.3, 0.4) is 0 Å². The van der Waals surface area contributed by atoms with Gasteiger partial charge in [-0.3, -0.25) is 4.79 Å². The van der Waals surface area contributed by atoms with Crippen LogP contribution in [-0.4, -0.2) is 78.7 Å². The third-order valence-electron chi connectivity index (χ3n) is 6.00. The number of nitrogens with zero attached hydrogens (tertiary/aromatic N) is 2. The van der Waals surface area contributed by atoms with E-state index in [-0.39, 0.29) is 41.3 Å². The summed E-state index contributed by atoms with van der Waals surface area (Å²) in [7, 11) is 1.38. The zero-order valence-electron chi connectivity index (χ0n) is 20.0. The van der Waals surface area contributed by atoms with E-state index in [0.717, 1.165) is 24.3 Å². The first-order valence-corrected chi connectivity index (χ1v) is 11.9. The minimum Gasteiger partial charge on any atom is -0.475 e. The number of thiophene rings is 1. The van der Waals surface area contributed by atoms with E-state index in [2.05, 4.69) is 15.6 Å².